The summed E-state index contributed by atoms with van der Waals surface area (Å²) < 4.78 is 7.33. The number of para-hydroxylation sites is 1. The van der Waals surface area contributed by atoms with E-state index in [-0.39, 0.29) is 5.56 Å². The lowest BCUT2D eigenvalue weighted by atomic mass is 10.2. The molecule has 0 aliphatic rings. The van der Waals surface area contributed by atoms with Gasteiger partial charge >= 0.3 is 0 Å². The fraction of sp³-hybridized carbons (Fsp3) is 0.136. The Morgan fingerprint density at radius 1 is 1.10 bits per heavy atom. The van der Waals surface area contributed by atoms with E-state index in [2.05, 4.69) is 4.98 Å². The van der Waals surface area contributed by atoms with Crippen molar-refractivity contribution in [2.75, 3.05) is 12.4 Å². The highest BCUT2D eigenvalue weighted by Gasteiger charge is 2.14. The number of halogens is 1. The predicted molar refractivity (Wildman–Crippen MR) is 118 cm³/mol. The van der Waals surface area contributed by atoms with Crippen LogP contribution in [-0.4, -0.2) is 26.9 Å². The van der Waals surface area contributed by atoms with E-state index in [1.165, 1.54) is 11.8 Å². The van der Waals surface area contributed by atoms with Crippen LogP contribution in [0.4, 0.5) is 0 Å². The van der Waals surface area contributed by atoms with E-state index in [0.29, 0.717) is 39.3 Å². The first-order valence-corrected chi connectivity index (χ1v) is 10.4. The van der Waals surface area contributed by atoms with Crippen LogP contribution in [0.1, 0.15) is 5.56 Å². The zero-order valence-corrected chi connectivity index (χ0v) is 17.3. The van der Waals surface area contributed by atoms with Gasteiger partial charge in [-0.1, -0.05) is 35.5 Å². The summed E-state index contributed by atoms with van der Waals surface area (Å²) in [5.74, 6) is 1.94. The highest BCUT2D eigenvalue weighted by atomic mass is 35.5. The third kappa shape index (κ3) is 4.44. The number of rotatable bonds is 6. The Hall–Kier alpha value is -2.83. The average molecular weight is 424 g/mol. The summed E-state index contributed by atoms with van der Waals surface area (Å²) >= 11 is 7.36. The number of pyridine rings is 1. The van der Waals surface area contributed by atoms with Crippen molar-refractivity contribution in [1.82, 2.24) is 14.5 Å². The predicted octanol–water partition coefficient (Wildman–Crippen LogP) is 4.91. The molecular weight excluding hydrogens is 406 g/mol. The maximum Gasteiger partial charge on any atom is 0.267 e. The molecule has 0 bridgehead atoms. The summed E-state index contributed by atoms with van der Waals surface area (Å²) in [6, 6.07) is 18.4. The van der Waals surface area contributed by atoms with Crippen molar-refractivity contribution in [1.29, 1.82) is 0 Å². The molecule has 5 nitrogen and oxygen atoms in total. The molecule has 0 atom stereocenters. The second kappa shape index (κ2) is 8.68. The Labute approximate surface area is 177 Å². The average Bonchev–Trinajstić information content (AvgIpc) is 2.73. The van der Waals surface area contributed by atoms with Gasteiger partial charge < -0.3 is 4.74 Å². The number of ether oxygens (including phenoxy) is 1. The van der Waals surface area contributed by atoms with Gasteiger partial charge in [0.1, 0.15) is 11.6 Å². The molecular formula is C22H18ClN3O2S. The minimum Gasteiger partial charge on any atom is -0.493 e. The summed E-state index contributed by atoms with van der Waals surface area (Å²) in [7, 11) is 0. The molecule has 0 spiro atoms. The van der Waals surface area contributed by atoms with Crippen LogP contribution in [0.3, 0.4) is 0 Å². The third-order valence-electron chi connectivity index (χ3n) is 4.27. The van der Waals surface area contributed by atoms with Crippen molar-refractivity contribution < 1.29 is 4.74 Å². The smallest absolute Gasteiger partial charge is 0.267 e. The quantitative estimate of drug-likeness (QED) is 0.250. The summed E-state index contributed by atoms with van der Waals surface area (Å²) in [5.41, 5.74) is 1.56. The van der Waals surface area contributed by atoms with Gasteiger partial charge in [-0.3, -0.25) is 4.79 Å². The van der Waals surface area contributed by atoms with Crippen LogP contribution in [0.25, 0.3) is 16.7 Å². The van der Waals surface area contributed by atoms with Gasteiger partial charge in [-0.15, -0.1) is 0 Å². The molecule has 0 N–H and O–H groups in total. The van der Waals surface area contributed by atoms with E-state index in [1.54, 1.807) is 29.0 Å². The molecule has 0 radical (unpaired) electrons. The standard InChI is InChI=1S/C22H18ClN3O2S/c1-15-10-11-24-20(14-15)26-21(27)18-4-2-3-5-19(18)25-22(26)29-13-12-28-17-8-6-16(23)7-9-17/h2-11,14H,12-13H2,1H3. The van der Waals surface area contributed by atoms with Crippen LogP contribution in [0.15, 0.2) is 76.8 Å². The molecule has 0 aliphatic carbocycles. The summed E-state index contributed by atoms with van der Waals surface area (Å²) in [6.45, 7) is 2.44. The number of hydrogen-bond donors (Lipinski definition) is 0. The third-order valence-corrected chi connectivity index (χ3v) is 5.43. The van der Waals surface area contributed by atoms with Gasteiger partial charge in [0, 0.05) is 17.0 Å². The minimum atomic E-state index is -0.130. The molecule has 0 unspecified atom stereocenters. The van der Waals surface area contributed by atoms with Gasteiger partial charge in [0.15, 0.2) is 5.16 Å². The minimum absolute atomic E-state index is 0.130. The van der Waals surface area contributed by atoms with Crippen molar-refractivity contribution in [3.63, 3.8) is 0 Å². The fourth-order valence-electron chi connectivity index (χ4n) is 2.88. The van der Waals surface area contributed by atoms with Crippen molar-refractivity contribution >= 4 is 34.3 Å². The van der Waals surface area contributed by atoms with Gasteiger partial charge in [0.25, 0.3) is 5.56 Å². The van der Waals surface area contributed by atoms with Crippen LogP contribution in [0.2, 0.25) is 5.02 Å². The summed E-state index contributed by atoms with van der Waals surface area (Å²) in [4.78, 5) is 22.3. The second-order valence-electron chi connectivity index (χ2n) is 6.39. The lowest BCUT2D eigenvalue weighted by Gasteiger charge is -2.13. The Bertz CT molecular complexity index is 1210. The van der Waals surface area contributed by atoms with Crippen molar-refractivity contribution in [3.8, 4) is 11.6 Å². The van der Waals surface area contributed by atoms with E-state index >= 15 is 0 Å². The zero-order chi connectivity index (χ0) is 20.2. The summed E-state index contributed by atoms with van der Waals surface area (Å²) in [6.07, 6.45) is 1.70. The van der Waals surface area contributed by atoms with Gasteiger partial charge in [-0.2, -0.15) is 0 Å². The van der Waals surface area contributed by atoms with Crippen molar-refractivity contribution in [2.24, 2.45) is 0 Å². The molecule has 4 rings (SSSR count). The zero-order valence-electron chi connectivity index (χ0n) is 15.7. The number of benzene rings is 2. The SMILES string of the molecule is Cc1ccnc(-n2c(SCCOc3ccc(Cl)cc3)nc3ccccc3c2=O)c1. The Balaban J connectivity index is 1.62. The Morgan fingerprint density at radius 2 is 1.90 bits per heavy atom. The summed E-state index contributed by atoms with van der Waals surface area (Å²) in [5, 5.41) is 1.82. The van der Waals surface area contributed by atoms with Crippen LogP contribution < -0.4 is 10.3 Å². The number of thioether (sulfide) groups is 1. The Kier molecular flexibility index (Phi) is 5.83. The van der Waals surface area contributed by atoms with Gasteiger partial charge in [-0.05, 0) is 61.0 Å². The van der Waals surface area contributed by atoms with E-state index in [0.717, 1.165) is 11.3 Å². The first kappa shape index (κ1) is 19.5. The lowest BCUT2D eigenvalue weighted by molar-refractivity contribution is 0.344. The van der Waals surface area contributed by atoms with Crippen LogP contribution in [0, 0.1) is 6.92 Å². The molecule has 7 heteroatoms. The molecule has 4 aromatic rings. The topological polar surface area (TPSA) is 57.0 Å². The number of nitrogens with zero attached hydrogens (tertiary/aromatic N) is 3. The molecule has 0 fully saturated rings. The molecule has 2 aromatic heterocycles. The van der Waals surface area contributed by atoms with Crippen molar-refractivity contribution in [3.05, 3.63) is 87.8 Å². The first-order chi connectivity index (χ1) is 14.1. The van der Waals surface area contributed by atoms with E-state index in [4.69, 9.17) is 21.3 Å². The molecule has 29 heavy (non-hydrogen) atoms. The van der Waals surface area contributed by atoms with Crippen LogP contribution in [0.5, 0.6) is 5.75 Å². The molecule has 146 valence electrons. The molecule has 2 aromatic carbocycles. The van der Waals surface area contributed by atoms with Crippen molar-refractivity contribution in [2.45, 2.75) is 12.1 Å². The fourth-order valence-corrected chi connectivity index (χ4v) is 3.82. The highest BCUT2D eigenvalue weighted by Crippen LogP contribution is 2.21. The highest BCUT2D eigenvalue weighted by molar-refractivity contribution is 7.99. The number of hydrogen-bond acceptors (Lipinski definition) is 5. The van der Waals surface area contributed by atoms with Gasteiger partial charge in [-0.25, -0.2) is 14.5 Å². The maximum atomic E-state index is 13.2. The first-order valence-electron chi connectivity index (χ1n) is 9.08. The number of aryl methyl sites for hydroxylation is 1. The second-order valence-corrected chi connectivity index (χ2v) is 7.89. The molecule has 0 saturated heterocycles. The number of aromatic nitrogens is 3. The van der Waals surface area contributed by atoms with E-state index in [9.17, 15) is 4.79 Å². The normalized spacial score (nSPS) is 11.0. The largest absolute Gasteiger partial charge is 0.493 e. The van der Waals surface area contributed by atoms with Crippen LogP contribution in [-0.2, 0) is 0 Å². The monoisotopic (exact) mass is 423 g/mol. The number of fused-ring (bicyclic) bond motifs is 1. The molecule has 0 amide bonds. The van der Waals surface area contributed by atoms with E-state index in [1.807, 2.05) is 49.4 Å². The van der Waals surface area contributed by atoms with Gasteiger partial charge in [0.05, 0.1) is 17.5 Å². The Morgan fingerprint density at radius 3 is 2.69 bits per heavy atom. The van der Waals surface area contributed by atoms with E-state index < -0.39 is 0 Å². The van der Waals surface area contributed by atoms with Gasteiger partial charge in [0.2, 0.25) is 0 Å². The molecule has 0 aliphatic heterocycles. The maximum absolute atomic E-state index is 13.2. The lowest BCUT2D eigenvalue weighted by Crippen LogP contribution is -2.23. The molecule has 0 saturated carbocycles. The molecule has 2 heterocycles. The van der Waals surface area contributed by atoms with Crippen LogP contribution >= 0.6 is 23.4 Å².